The lowest BCUT2D eigenvalue weighted by Crippen LogP contribution is -2.22. The minimum atomic E-state index is -2.75. The molecule has 24 heavy (non-hydrogen) atoms. The predicted octanol–water partition coefficient (Wildman–Crippen LogP) is 6.00. The maximum Gasteiger partial charge on any atom is 0.151 e. The van der Waals surface area contributed by atoms with Crippen LogP contribution < -0.4 is 5.30 Å². The molecule has 1 nitrogen and oxygen atoms in total. The zero-order valence-electron chi connectivity index (χ0n) is 15.3. The van der Waals surface area contributed by atoms with Gasteiger partial charge in [-0.2, -0.15) is 0 Å². The molecule has 0 aliphatic carbocycles. The molecule has 0 heterocycles. The molecule has 0 bridgehead atoms. The summed E-state index contributed by atoms with van der Waals surface area (Å²) in [6.45, 7) is 13.1. The van der Waals surface area contributed by atoms with Crippen molar-refractivity contribution >= 4 is 34.0 Å². The van der Waals surface area contributed by atoms with Gasteiger partial charge in [0.25, 0.3) is 0 Å². The van der Waals surface area contributed by atoms with Gasteiger partial charge in [-0.25, -0.2) is 0 Å². The molecule has 0 spiro atoms. The summed E-state index contributed by atoms with van der Waals surface area (Å²) in [7, 11) is 0. The molecule has 130 valence electrons. The fourth-order valence-electron chi connectivity index (χ4n) is 2.70. The maximum atomic E-state index is 11.3. The number of hydrogen-bond donors (Lipinski definition) is 1. The Morgan fingerprint density at radius 3 is 1.79 bits per heavy atom. The van der Waals surface area contributed by atoms with Crippen LogP contribution in [0, 0.1) is 0 Å². The number of benzene rings is 2. The molecular weight excluding hydrogens is 351 g/mol. The van der Waals surface area contributed by atoms with Gasteiger partial charge in [-0.1, -0.05) is 107 Å². The van der Waals surface area contributed by atoms with E-state index in [2.05, 4.69) is 65.8 Å². The van der Waals surface area contributed by atoms with Crippen LogP contribution in [0.1, 0.15) is 52.7 Å². The average Bonchev–Trinajstić information content (AvgIpc) is 2.45. The molecule has 2 aromatic rings. The maximum absolute atomic E-state index is 11.3. The molecule has 1 unspecified atom stereocenters. The van der Waals surface area contributed by atoms with E-state index in [-0.39, 0.29) is 10.8 Å². The second-order valence-electron chi connectivity index (χ2n) is 8.13. The van der Waals surface area contributed by atoms with Gasteiger partial charge in [0.2, 0.25) is 0 Å². The first-order valence-electron chi connectivity index (χ1n) is 8.15. The highest BCUT2D eigenvalue weighted by molar-refractivity contribution is 8.71. The van der Waals surface area contributed by atoms with E-state index in [0.29, 0.717) is 0 Å². The molecule has 2 rings (SSSR count). The van der Waals surface area contributed by atoms with Crippen molar-refractivity contribution in [2.24, 2.45) is 0 Å². The minimum absolute atomic E-state index is 0.0163. The summed E-state index contributed by atoms with van der Waals surface area (Å²) < 4.78 is 0. The molecule has 2 aromatic carbocycles. The first-order chi connectivity index (χ1) is 10.9. The lowest BCUT2D eigenvalue weighted by atomic mass is 9.87. The summed E-state index contributed by atoms with van der Waals surface area (Å²) in [6.07, 6.45) is 0. The molecule has 1 atom stereocenters. The Bertz CT molecular complexity index is 770. The summed E-state index contributed by atoms with van der Waals surface area (Å²) in [6, 6.07) is 16.3. The van der Waals surface area contributed by atoms with Crippen LogP contribution in [-0.2, 0) is 22.6 Å². The number of rotatable bonds is 3. The van der Waals surface area contributed by atoms with Crippen molar-refractivity contribution in [1.29, 1.82) is 0 Å². The largest absolute Gasteiger partial charge is 0.354 e. The first-order valence-corrected chi connectivity index (χ1v) is 12.3. The van der Waals surface area contributed by atoms with E-state index in [1.165, 1.54) is 16.9 Å². The monoisotopic (exact) mass is 378 g/mol. The van der Waals surface area contributed by atoms with Gasteiger partial charge in [-0.15, -0.1) is 0 Å². The van der Waals surface area contributed by atoms with Crippen molar-refractivity contribution in [2.75, 3.05) is 0 Å². The molecule has 1 N–H and O–H groups in total. The summed E-state index contributed by atoms with van der Waals surface area (Å²) in [5.74, 6) is 0. The van der Waals surface area contributed by atoms with E-state index in [9.17, 15) is 4.89 Å². The second kappa shape index (κ2) is 6.96. The Balaban J connectivity index is 2.51. The van der Waals surface area contributed by atoms with Crippen LogP contribution in [0.15, 0.2) is 53.4 Å². The third-order valence-electron chi connectivity index (χ3n) is 3.93. The highest BCUT2D eigenvalue weighted by atomic mass is 32.9. The Kier molecular flexibility index (Phi) is 5.72. The van der Waals surface area contributed by atoms with E-state index in [1.807, 2.05) is 24.3 Å². The minimum Gasteiger partial charge on any atom is -0.354 e. The van der Waals surface area contributed by atoms with Crippen LogP contribution in [-0.4, -0.2) is 4.89 Å². The van der Waals surface area contributed by atoms with Crippen LogP contribution in [0.4, 0.5) is 0 Å². The fraction of sp³-hybridized carbons (Fsp3) is 0.400. The Morgan fingerprint density at radius 2 is 1.25 bits per heavy atom. The first kappa shape index (κ1) is 19.7. The van der Waals surface area contributed by atoms with Gasteiger partial charge >= 0.3 is 0 Å². The van der Waals surface area contributed by atoms with Crippen molar-refractivity contribution < 1.29 is 4.89 Å². The molecule has 0 fully saturated rings. The number of hydrogen-bond acceptors (Lipinski definition) is 2. The van der Waals surface area contributed by atoms with Gasteiger partial charge in [-0.05, 0) is 28.0 Å². The van der Waals surface area contributed by atoms with Crippen LogP contribution >= 0.6 is 16.8 Å². The molecule has 0 radical (unpaired) electrons. The summed E-state index contributed by atoms with van der Waals surface area (Å²) >= 11 is 7.22. The van der Waals surface area contributed by atoms with E-state index in [4.69, 9.17) is 11.8 Å². The van der Waals surface area contributed by atoms with Gasteiger partial charge < -0.3 is 4.89 Å². The Labute approximate surface area is 155 Å². The molecule has 0 amide bonds. The quantitative estimate of drug-likeness (QED) is 0.661. The van der Waals surface area contributed by atoms with Gasteiger partial charge in [0.1, 0.15) is 0 Å². The zero-order chi connectivity index (χ0) is 18.2. The predicted molar refractivity (Wildman–Crippen MR) is 112 cm³/mol. The molecular formula is C20H27OPS2. The third-order valence-corrected chi connectivity index (χ3v) is 8.92. The van der Waals surface area contributed by atoms with E-state index in [0.717, 1.165) is 15.8 Å². The average molecular weight is 379 g/mol. The smallest absolute Gasteiger partial charge is 0.151 e. The van der Waals surface area contributed by atoms with Gasteiger partial charge in [0.05, 0.1) is 0 Å². The van der Waals surface area contributed by atoms with Crippen LogP contribution in [0.2, 0.25) is 0 Å². The Hall–Kier alpha value is -0.600. The van der Waals surface area contributed by atoms with Crippen molar-refractivity contribution in [1.82, 2.24) is 0 Å². The van der Waals surface area contributed by atoms with Crippen LogP contribution in [0.25, 0.3) is 0 Å². The van der Waals surface area contributed by atoms with Crippen LogP contribution in [0.5, 0.6) is 0 Å². The summed E-state index contributed by atoms with van der Waals surface area (Å²) in [4.78, 5) is 12.3. The fourth-order valence-corrected chi connectivity index (χ4v) is 7.92. The molecule has 0 aliphatic rings. The van der Waals surface area contributed by atoms with E-state index in [1.54, 1.807) is 0 Å². The van der Waals surface area contributed by atoms with Gasteiger partial charge in [0.15, 0.2) is 5.47 Å². The molecule has 4 heteroatoms. The zero-order valence-corrected chi connectivity index (χ0v) is 17.9. The molecule has 0 aromatic heterocycles. The highest BCUT2D eigenvalue weighted by Gasteiger charge is 2.28. The summed E-state index contributed by atoms with van der Waals surface area (Å²) in [5.41, 5.74) is -0.415. The normalized spacial score (nSPS) is 15.1. The van der Waals surface area contributed by atoms with Gasteiger partial charge in [0, 0.05) is 10.2 Å². The van der Waals surface area contributed by atoms with Crippen molar-refractivity contribution in [2.45, 2.75) is 57.3 Å². The van der Waals surface area contributed by atoms with Crippen LogP contribution in [0.3, 0.4) is 0 Å². The highest BCUT2D eigenvalue weighted by Crippen LogP contribution is 2.60. The van der Waals surface area contributed by atoms with Crippen molar-refractivity contribution in [3.63, 3.8) is 0 Å². The Morgan fingerprint density at radius 1 is 0.792 bits per heavy atom. The van der Waals surface area contributed by atoms with Gasteiger partial charge in [-0.3, -0.25) is 0 Å². The molecule has 0 aliphatic heterocycles. The molecule has 0 saturated carbocycles. The SMILES string of the molecule is CC(C)(C)c1ccccc1SP(O)(=S)c1ccccc1C(C)(C)C. The lowest BCUT2D eigenvalue weighted by molar-refractivity contribution is 0.578. The summed E-state index contributed by atoms with van der Waals surface area (Å²) in [5, 5.41) is 0.918. The van der Waals surface area contributed by atoms with Crippen molar-refractivity contribution in [3.05, 3.63) is 59.7 Å². The lowest BCUT2D eigenvalue weighted by Gasteiger charge is -2.28. The van der Waals surface area contributed by atoms with E-state index >= 15 is 0 Å². The van der Waals surface area contributed by atoms with E-state index < -0.39 is 5.47 Å². The van der Waals surface area contributed by atoms with Crippen molar-refractivity contribution in [3.8, 4) is 0 Å². The topological polar surface area (TPSA) is 20.2 Å². The second-order valence-corrected chi connectivity index (χ2v) is 14.7. The third kappa shape index (κ3) is 4.52. The standard InChI is InChI=1S/C20H27OPS2/c1-19(2,3)15-11-7-9-13-17(15)22(21,23)24-18-14-10-8-12-16(18)20(4,5)6/h7-14H,1-6H3,(H,21,23). The molecule has 0 saturated heterocycles.